The third kappa shape index (κ3) is 6.25. The molecule has 2 aromatic rings. The topological polar surface area (TPSA) is 78.4 Å². The zero-order valence-corrected chi connectivity index (χ0v) is 19.9. The maximum absolute atomic E-state index is 12.8. The van der Waals surface area contributed by atoms with Gasteiger partial charge in [0, 0.05) is 34.0 Å². The summed E-state index contributed by atoms with van der Waals surface area (Å²) in [4.78, 5) is 24.1. The van der Waals surface area contributed by atoms with Crippen LogP contribution >= 0.6 is 23.2 Å². The Bertz CT molecular complexity index is 935. The smallest absolute Gasteiger partial charge is 0.304 e. The Morgan fingerprint density at radius 3 is 2.53 bits per heavy atom. The summed E-state index contributed by atoms with van der Waals surface area (Å²) < 4.78 is 0. The van der Waals surface area contributed by atoms with Gasteiger partial charge in [-0.15, -0.1) is 0 Å². The molecule has 32 heavy (non-hydrogen) atoms. The van der Waals surface area contributed by atoms with Crippen LogP contribution in [0.15, 0.2) is 48.5 Å². The Kier molecular flexibility index (Phi) is 8.57. The minimum absolute atomic E-state index is 0.0155. The van der Waals surface area contributed by atoms with E-state index in [-0.39, 0.29) is 36.2 Å². The molecule has 7 heteroatoms. The van der Waals surface area contributed by atoms with Crippen molar-refractivity contribution in [2.24, 2.45) is 11.8 Å². The normalized spacial score (nSPS) is 22.8. The lowest BCUT2D eigenvalue weighted by Gasteiger charge is -2.40. The highest BCUT2D eigenvalue weighted by molar-refractivity contribution is 6.30. The van der Waals surface area contributed by atoms with Crippen LogP contribution in [0.2, 0.25) is 10.0 Å². The van der Waals surface area contributed by atoms with Crippen molar-refractivity contribution < 1.29 is 14.7 Å². The van der Waals surface area contributed by atoms with Gasteiger partial charge in [-0.1, -0.05) is 61.3 Å². The summed E-state index contributed by atoms with van der Waals surface area (Å²) in [5, 5.41) is 17.3. The van der Waals surface area contributed by atoms with Gasteiger partial charge in [-0.25, -0.2) is 0 Å². The van der Waals surface area contributed by atoms with Crippen molar-refractivity contribution in [3.63, 3.8) is 0 Å². The van der Waals surface area contributed by atoms with Crippen molar-refractivity contribution in [1.29, 1.82) is 0 Å². The number of benzene rings is 2. The molecule has 0 aliphatic carbocycles. The molecule has 1 aliphatic heterocycles. The number of hydrogen-bond donors (Lipinski definition) is 3. The van der Waals surface area contributed by atoms with Crippen LogP contribution in [-0.4, -0.2) is 29.6 Å². The Morgan fingerprint density at radius 2 is 1.91 bits per heavy atom. The zero-order valence-electron chi connectivity index (χ0n) is 18.4. The second-order valence-corrected chi connectivity index (χ2v) is 9.47. The molecule has 1 amide bonds. The first-order valence-electron chi connectivity index (χ1n) is 11.0. The number of amides is 1. The van der Waals surface area contributed by atoms with Gasteiger partial charge in [-0.05, 0) is 60.7 Å². The van der Waals surface area contributed by atoms with E-state index in [1.807, 2.05) is 48.5 Å². The van der Waals surface area contributed by atoms with Crippen LogP contribution in [0.4, 0.5) is 0 Å². The highest BCUT2D eigenvalue weighted by Gasteiger charge is 2.40. The minimum Gasteiger partial charge on any atom is -0.481 e. The number of hydrogen-bond acceptors (Lipinski definition) is 3. The van der Waals surface area contributed by atoms with Crippen LogP contribution < -0.4 is 10.6 Å². The van der Waals surface area contributed by atoms with Crippen LogP contribution in [0, 0.1) is 11.8 Å². The highest BCUT2D eigenvalue weighted by Crippen LogP contribution is 2.39. The number of aliphatic carboxylic acids is 1. The molecule has 0 saturated carbocycles. The van der Waals surface area contributed by atoms with Gasteiger partial charge in [0.05, 0.1) is 6.42 Å². The van der Waals surface area contributed by atoms with E-state index in [1.165, 1.54) is 0 Å². The Balaban J connectivity index is 1.86. The number of carbonyl (C=O) groups is 2. The summed E-state index contributed by atoms with van der Waals surface area (Å²) in [5.74, 6) is -1.59. The maximum Gasteiger partial charge on any atom is 0.304 e. The fourth-order valence-electron chi connectivity index (χ4n) is 4.75. The van der Waals surface area contributed by atoms with Gasteiger partial charge in [0.1, 0.15) is 0 Å². The van der Waals surface area contributed by atoms with E-state index in [0.29, 0.717) is 16.5 Å². The molecule has 2 aromatic carbocycles. The average Bonchev–Trinajstić information content (AvgIpc) is 2.75. The lowest BCUT2D eigenvalue weighted by Crippen LogP contribution is -2.52. The predicted molar refractivity (Wildman–Crippen MR) is 128 cm³/mol. The summed E-state index contributed by atoms with van der Waals surface area (Å²) >= 11 is 12.3. The number of carboxylic acids is 1. The van der Waals surface area contributed by atoms with Gasteiger partial charge in [0.15, 0.2) is 0 Å². The first kappa shape index (κ1) is 24.6. The van der Waals surface area contributed by atoms with Crippen molar-refractivity contribution in [2.75, 3.05) is 6.54 Å². The molecule has 3 N–H and O–H groups in total. The lowest BCUT2D eigenvalue weighted by atomic mass is 9.73. The largest absolute Gasteiger partial charge is 0.481 e. The van der Waals surface area contributed by atoms with Gasteiger partial charge >= 0.3 is 5.97 Å². The Hall–Kier alpha value is -2.08. The van der Waals surface area contributed by atoms with Crippen molar-refractivity contribution in [3.05, 3.63) is 69.7 Å². The van der Waals surface area contributed by atoms with Gasteiger partial charge in [0.2, 0.25) is 5.91 Å². The second-order valence-electron chi connectivity index (χ2n) is 8.60. The predicted octanol–water partition coefficient (Wildman–Crippen LogP) is 5.43. The molecule has 0 spiro atoms. The van der Waals surface area contributed by atoms with E-state index in [1.54, 1.807) is 0 Å². The number of nitrogens with one attached hydrogen (secondary N) is 2. The van der Waals surface area contributed by atoms with E-state index in [2.05, 4.69) is 24.5 Å². The molecule has 5 nitrogen and oxygen atoms in total. The number of halogens is 2. The summed E-state index contributed by atoms with van der Waals surface area (Å²) in [6.45, 7) is 5.02. The fraction of sp³-hybridized carbons (Fsp3) is 0.440. The van der Waals surface area contributed by atoms with Crippen LogP contribution in [0.25, 0.3) is 0 Å². The molecule has 3 rings (SSSR count). The standard InChI is InChI=1S/C25H30Cl2N2O3/c1-3-28-22(16-7-9-19(26)10-8-16)11-15(2)24-21(17-5-4-6-20(27)12-17)13-18(14-23(30)31)25(32)29-24/h4-10,12,15,18,21-22,24,28H,3,11,13-14H2,1-2H3,(H,29,32)(H,30,31). The van der Waals surface area contributed by atoms with Crippen LogP contribution in [0.3, 0.4) is 0 Å². The van der Waals surface area contributed by atoms with E-state index < -0.39 is 11.9 Å². The summed E-state index contributed by atoms with van der Waals surface area (Å²) in [7, 11) is 0. The van der Waals surface area contributed by atoms with Gasteiger partial charge in [-0.2, -0.15) is 0 Å². The van der Waals surface area contributed by atoms with E-state index in [4.69, 9.17) is 23.2 Å². The van der Waals surface area contributed by atoms with Crippen molar-refractivity contribution in [2.45, 2.75) is 51.1 Å². The molecule has 0 bridgehead atoms. The van der Waals surface area contributed by atoms with Gasteiger partial charge < -0.3 is 15.7 Å². The summed E-state index contributed by atoms with van der Waals surface area (Å²) in [6, 6.07) is 15.5. The molecular weight excluding hydrogens is 447 g/mol. The fourth-order valence-corrected chi connectivity index (χ4v) is 5.07. The Morgan fingerprint density at radius 1 is 1.19 bits per heavy atom. The highest BCUT2D eigenvalue weighted by atomic mass is 35.5. The third-order valence-corrected chi connectivity index (χ3v) is 6.78. The first-order chi connectivity index (χ1) is 15.3. The Labute approximate surface area is 199 Å². The maximum atomic E-state index is 12.8. The second kappa shape index (κ2) is 11.2. The molecule has 1 fully saturated rings. The third-order valence-electron chi connectivity index (χ3n) is 6.29. The number of piperidine rings is 1. The molecular formula is C25H30Cl2N2O3. The van der Waals surface area contributed by atoms with Crippen molar-refractivity contribution in [3.8, 4) is 0 Å². The number of carbonyl (C=O) groups excluding carboxylic acids is 1. The summed E-state index contributed by atoms with van der Waals surface area (Å²) in [6.07, 6.45) is 1.12. The van der Waals surface area contributed by atoms with E-state index in [9.17, 15) is 14.7 Å². The van der Waals surface area contributed by atoms with Crippen LogP contribution in [0.5, 0.6) is 0 Å². The minimum atomic E-state index is -0.962. The van der Waals surface area contributed by atoms with Crippen molar-refractivity contribution >= 4 is 35.1 Å². The number of rotatable bonds is 9. The molecule has 5 atom stereocenters. The quantitative estimate of drug-likeness (QED) is 0.450. The zero-order chi connectivity index (χ0) is 23.3. The van der Waals surface area contributed by atoms with Crippen LogP contribution in [-0.2, 0) is 9.59 Å². The first-order valence-corrected chi connectivity index (χ1v) is 11.8. The average molecular weight is 477 g/mol. The van der Waals surface area contributed by atoms with Crippen LogP contribution in [0.1, 0.15) is 56.2 Å². The molecule has 0 aromatic heterocycles. The van der Waals surface area contributed by atoms with Crippen molar-refractivity contribution in [1.82, 2.24) is 10.6 Å². The SMILES string of the molecule is CCNC(CC(C)C1NC(=O)C(CC(=O)O)CC1c1cccc(Cl)c1)c1ccc(Cl)cc1. The summed E-state index contributed by atoms with van der Waals surface area (Å²) in [5.41, 5.74) is 2.17. The number of carboxylic acid groups (broad SMARTS) is 1. The molecule has 1 heterocycles. The van der Waals surface area contributed by atoms with E-state index in [0.717, 1.165) is 24.1 Å². The molecule has 172 valence electrons. The molecule has 1 saturated heterocycles. The molecule has 0 radical (unpaired) electrons. The van der Waals surface area contributed by atoms with E-state index >= 15 is 0 Å². The van der Waals surface area contributed by atoms with Gasteiger partial charge in [0.25, 0.3) is 0 Å². The van der Waals surface area contributed by atoms with Gasteiger partial charge in [-0.3, -0.25) is 9.59 Å². The molecule has 5 unspecified atom stereocenters. The lowest BCUT2D eigenvalue weighted by molar-refractivity contribution is -0.142. The monoisotopic (exact) mass is 476 g/mol. The molecule has 1 aliphatic rings.